The van der Waals surface area contributed by atoms with Gasteiger partial charge < -0.3 is 15.4 Å². The number of aromatic nitrogens is 1. The summed E-state index contributed by atoms with van der Waals surface area (Å²) in [5, 5.41) is 5.88. The molecule has 128 valence electrons. The summed E-state index contributed by atoms with van der Waals surface area (Å²) in [6, 6.07) is 8.77. The summed E-state index contributed by atoms with van der Waals surface area (Å²) in [5.74, 6) is 0.122. The summed E-state index contributed by atoms with van der Waals surface area (Å²) in [7, 11) is 0. The van der Waals surface area contributed by atoms with E-state index in [0.29, 0.717) is 17.2 Å². The normalized spacial score (nSPS) is 16.8. The first-order valence-corrected chi connectivity index (χ1v) is 8.40. The van der Waals surface area contributed by atoms with Gasteiger partial charge in [-0.1, -0.05) is 0 Å². The van der Waals surface area contributed by atoms with E-state index >= 15 is 0 Å². The lowest BCUT2D eigenvalue weighted by Crippen LogP contribution is -2.34. The highest BCUT2D eigenvalue weighted by Gasteiger charge is 2.34. The van der Waals surface area contributed by atoms with Crippen molar-refractivity contribution < 1.29 is 14.3 Å². The molecule has 2 aromatic rings. The van der Waals surface area contributed by atoms with Gasteiger partial charge in [-0.15, -0.1) is 0 Å². The molecular weight excluding hydrogens is 318 g/mol. The molecule has 1 aliphatic carbocycles. The number of fused-ring (bicyclic) bond motifs is 1. The molecular formula is C19H19N3O3. The highest BCUT2D eigenvalue weighted by molar-refractivity contribution is 5.95. The zero-order valence-electron chi connectivity index (χ0n) is 13.9. The molecule has 4 rings (SSSR count). The maximum Gasteiger partial charge on any atom is 0.338 e. The van der Waals surface area contributed by atoms with Gasteiger partial charge in [0.2, 0.25) is 0 Å². The van der Waals surface area contributed by atoms with Crippen molar-refractivity contribution in [3.8, 4) is 0 Å². The number of carbonyl (C=O) groups excluding carboxylic acids is 2. The van der Waals surface area contributed by atoms with Gasteiger partial charge in [0.1, 0.15) is 6.61 Å². The number of ether oxygens (including phenoxy) is 1. The third-order valence-corrected chi connectivity index (χ3v) is 4.58. The molecule has 0 spiro atoms. The molecule has 0 bridgehead atoms. The molecule has 25 heavy (non-hydrogen) atoms. The van der Waals surface area contributed by atoms with Crippen LogP contribution >= 0.6 is 0 Å². The first-order valence-electron chi connectivity index (χ1n) is 8.40. The van der Waals surface area contributed by atoms with Gasteiger partial charge in [-0.05, 0) is 61.6 Å². The Hall–Kier alpha value is -2.89. The summed E-state index contributed by atoms with van der Waals surface area (Å²) in [6.07, 6.45) is 3.97. The Morgan fingerprint density at radius 2 is 2.12 bits per heavy atom. The third-order valence-electron chi connectivity index (χ3n) is 4.58. The van der Waals surface area contributed by atoms with Crippen molar-refractivity contribution in [2.75, 3.05) is 5.32 Å². The van der Waals surface area contributed by atoms with Gasteiger partial charge in [-0.25, -0.2) is 9.59 Å². The second-order valence-corrected chi connectivity index (χ2v) is 6.62. The Morgan fingerprint density at radius 1 is 1.28 bits per heavy atom. The lowest BCUT2D eigenvalue weighted by Gasteiger charge is -2.19. The molecule has 0 radical (unpaired) electrons. The topological polar surface area (TPSA) is 80.3 Å². The van der Waals surface area contributed by atoms with Crippen LogP contribution in [0.4, 0.5) is 10.5 Å². The number of aryl methyl sites for hydroxylation is 1. The van der Waals surface area contributed by atoms with Crippen LogP contribution in [-0.2, 0) is 11.3 Å². The quantitative estimate of drug-likeness (QED) is 0.839. The Balaban J connectivity index is 1.46. The minimum absolute atomic E-state index is 0.0840. The monoisotopic (exact) mass is 337 g/mol. The molecule has 1 atom stereocenters. The van der Waals surface area contributed by atoms with Gasteiger partial charge >= 0.3 is 12.0 Å². The fourth-order valence-electron chi connectivity index (χ4n) is 3.11. The lowest BCUT2D eigenvalue weighted by molar-refractivity contribution is 0.0535. The van der Waals surface area contributed by atoms with Gasteiger partial charge in [0.15, 0.2) is 0 Å². The van der Waals surface area contributed by atoms with E-state index in [4.69, 9.17) is 4.74 Å². The van der Waals surface area contributed by atoms with Crippen molar-refractivity contribution in [3.63, 3.8) is 0 Å². The Labute approximate surface area is 145 Å². The van der Waals surface area contributed by atoms with Crippen molar-refractivity contribution in [2.24, 2.45) is 5.92 Å². The number of cyclic esters (lactones) is 1. The van der Waals surface area contributed by atoms with Crippen LogP contribution in [-0.4, -0.2) is 17.0 Å². The van der Waals surface area contributed by atoms with Gasteiger partial charge in [-0.3, -0.25) is 4.98 Å². The van der Waals surface area contributed by atoms with Crippen LogP contribution in [0.2, 0.25) is 0 Å². The van der Waals surface area contributed by atoms with Crippen LogP contribution < -0.4 is 10.6 Å². The van der Waals surface area contributed by atoms with E-state index in [2.05, 4.69) is 15.6 Å². The van der Waals surface area contributed by atoms with Crippen LogP contribution in [0.3, 0.4) is 0 Å². The van der Waals surface area contributed by atoms with Crippen LogP contribution in [0.1, 0.15) is 46.1 Å². The van der Waals surface area contributed by atoms with Gasteiger partial charge in [0, 0.05) is 17.4 Å². The molecule has 1 saturated carbocycles. The maximum atomic E-state index is 12.4. The number of carbonyl (C=O) groups is 2. The molecule has 2 amide bonds. The minimum Gasteiger partial charge on any atom is -0.457 e. The number of benzene rings is 1. The number of amides is 2. The second kappa shape index (κ2) is 6.20. The first-order chi connectivity index (χ1) is 12.1. The molecule has 2 N–H and O–H groups in total. The fourth-order valence-corrected chi connectivity index (χ4v) is 3.11. The number of rotatable bonds is 4. The highest BCUT2D eigenvalue weighted by atomic mass is 16.5. The highest BCUT2D eigenvalue weighted by Crippen LogP contribution is 2.40. The number of nitrogens with one attached hydrogen (secondary N) is 2. The van der Waals surface area contributed by atoms with E-state index in [-0.39, 0.29) is 24.6 Å². The zero-order valence-corrected chi connectivity index (χ0v) is 13.9. The third kappa shape index (κ3) is 3.33. The first kappa shape index (κ1) is 15.6. The zero-order chi connectivity index (χ0) is 17.4. The van der Waals surface area contributed by atoms with Crippen LogP contribution in [0, 0.1) is 12.8 Å². The number of urea groups is 1. The van der Waals surface area contributed by atoms with Crippen molar-refractivity contribution in [1.29, 1.82) is 0 Å². The largest absolute Gasteiger partial charge is 0.457 e. The van der Waals surface area contributed by atoms with Gasteiger partial charge in [0.25, 0.3) is 0 Å². The Morgan fingerprint density at radius 3 is 2.88 bits per heavy atom. The molecule has 0 saturated heterocycles. The smallest absolute Gasteiger partial charge is 0.338 e. The van der Waals surface area contributed by atoms with Crippen molar-refractivity contribution in [1.82, 2.24) is 10.3 Å². The lowest BCUT2D eigenvalue weighted by atomic mass is 10.1. The van der Waals surface area contributed by atoms with Crippen LogP contribution in [0.15, 0.2) is 36.5 Å². The number of hydrogen-bond donors (Lipinski definition) is 2. The van der Waals surface area contributed by atoms with Gasteiger partial charge in [-0.2, -0.15) is 0 Å². The number of pyridine rings is 1. The van der Waals surface area contributed by atoms with E-state index in [9.17, 15) is 9.59 Å². The molecule has 6 nitrogen and oxygen atoms in total. The van der Waals surface area contributed by atoms with Gasteiger partial charge in [0.05, 0.1) is 17.3 Å². The van der Waals surface area contributed by atoms with E-state index < -0.39 is 0 Å². The summed E-state index contributed by atoms with van der Waals surface area (Å²) < 4.78 is 4.98. The maximum absolute atomic E-state index is 12.4. The Kier molecular flexibility index (Phi) is 3.87. The molecule has 1 fully saturated rings. The summed E-state index contributed by atoms with van der Waals surface area (Å²) in [4.78, 5) is 28.3. The Bertz CT molecular complexity index is 846. The van der Waals surface area contributed by atoms with Crippen LogP contribution in [0.25, 0.3) is 0 Å². The molecule has 1 aromatic carbocycles. The van der Waals surface area contributed by atoms with E-state index in [1.807, 2.05) is 19.1 Å². The second-order valence-electron chi connectivity index (χ2n) is 6.62. The molecule has 2 aliphatic rings. The molecule has 6 heteroatoms. The average molecular weight is 337 g/mol. The number of esters is 1. The number of nitrogens with zero attached hydrogens (tertiary/aromatic N) is 1. The summed E-state index contributed by atoms with van der Waals surface area (Å²) in [5.41, 5.74) is 4.01. The number of hydrogen-bond acceptors (Lipinski definition) is 4. The predicted octanol–water partition coefficient (Wildman–Crippen LogP) is 3.33. The number of anilines is 1. The fraction of sp³-hybridized carbons (Fsp3) is 0.316. The van der Waals surface area contributed by atoms with E-state index in [0.717, 1.165) is 29.7 Å². The minimum atomic E-state index is -0.315. The predicted molar refractivity (Wildman–Crippen MR) is 92.2 cm³/mol. The van der Waals surface area contributed by atoms with Crippen molar-refractivity contribution in [3.05, 3.63) is 58.9 Å². The SMILES string of the molecule is Cc1ccnc([C@H](NC(=O)Nc2ccc3c(c2)COC3=O)C2CC2)c1. The average Bonchev–Trinajstić information content (AvgIpc) is 3.37. The molecule has 2 heterocycles. The molecule has 1 aliphatic heterocycles. The molecule has 0 unspecified atom stereocenters. The van der Waals surface area contributed by atoms with Crippen LogP contribution in [0.5, 0.6) is 0 Å². The molecule has 1 aromatic heterocycles. The summed E-state index contributed by atoms with van der Waals surface area (Å²) in [6.45, 7) is 2.27. The standard InChI is InChI=1S/C19H19N3O3/c1-11-6-7-20-16(8-11)17(12-2-3-12)22-19(24)21-14-4-5-15-13(9-14)10-25-18(15)23/h4-9,12,17H,2-3,10H2,1H3,(H2,21,22,24)/t17-/m1/s1. The van der Waals surface area contributed by atoms with Crippen molar-refractivity contribution in [2.45, 2.75) is 32.4 Å². The van der Waals surface area contributed by atoms with E-state index in [1.165, 1.54) is 0 Å². The van der Waals surface area contributed by atoms with E-state index in [1.54, 1.807) is 24.4 Å². The van der Waals surface area contributed by atoms with Crippen molar-refractivity contribution >= 4 is 17.7 Å². The summed E-state index contributed by atoms with van der Waals surface area (Å²) >= 11 is 0.